The van der Waals surface area contributed by atoms with Crippen LogP contribution in [-0.4, -0.2) is 19.7 Å². The fourth-order valence-electron chi connectivity index (χ4n) is 1.59. The SMILES string of the molecule is CCC(C)C(COc1cccc(F)c1F)NC. The summed E-state index contributed by atoms with van der Waals surface area (Å²) in [7, 11) is 1.84. The molecule has 1 N–H and O–H groups in total. The summed E-state index contributed by atoms with van der Waals surface area (Å²) >= 11 is 0. The normalized spacial score (nSPS) is 14.4. The van der Waals surface area contributed by atoms with Crippen LogP contribution in [0.2, 0.25) is 0 Å². The fourth-order valence-corrected chi connectivity index (χ4v) is 1.59. The van der Waals surface area contributed by atoms with Crippen molar-refractivity contribution in [3.63, 3.8) is 0 Å². The molecule has 0 aliphatic carbocycles. The van der Waals surface area contributed by atoms with Crippen LogP contribution < -0.4 is 10.1 Å². The highest BCUT2D eigenvalue weighted by Gasteiger charge is 2.16. The quantitative estimate of drug-likeness (QED) is 0.829. The maximum Gasteiger partial charge on any atom is 0.200 e. The van der Waals surface area contributed by atoms with E-state index < -0.39 is 11.6 Å². The van der Waals surface area contributed by atoms with Gasteiger partial charge >= 0.3 is 0 Å². The predicted octanol–water partition coefficient (Wildman–Crippen LogP) is 2.98. The first-order chi connectivity index (χ1) is 8.10. The molecule has 0 aromatic heterocycles. The van der Waals surface area contributed by atoms with Gasteiger partial charge in [-0.15, -0.1) is 0 Å². The maximum absolute atomic E-state index is 13.3. The maximum atomic E-state index is 13.3. The number of nitrogens with one attached hydrogen (secondary N) is 1. The topological polar surface area (TPSA) is 21.3 Å². The second kappa shape index (κ2) is 6.55. The second-order valence-electron chi connectivity index (χ2n) is 4.14. The van der Waals surface area contributed by atoms with Crippen LogP contribution in [0.25, 0.3) is 0 Å². The van der Waals surface area contributed by atoms with Crippen LogP contribution in [0.3, 0.4) is 0 Å². The lowest BCUT2D eigenvalue weighted by Gasteiger charge is -2.22. The van der Waals surface area contributed by atoms with E-state index in [-0.39, 0.29) is 11.8 Å². The van der Waals surface area contributed by atoms with Crippen LogP contribution in [0, 0.1) is 17.6 Å². The lowest BCUT2D eigenvalue weighted by atomic mass is 10.0. The van der Waals surface area contributed by atoms with Crippen LogP contribution in [0.15, 0.2) is 18.2 Å². The summed E-state index contributed by atoms with van der Waals surface area (Å²) in [5.41, 5.74) is 0. The summed E-state index contributed by atoms with van der Waals surface area (Å²) in [5, 5.41) is 3.12. The van der Waals surface area contributed by atoms with Crippen LogP contribution >= 0.6 is 0 Å². The van der Waals surface area contributed by atoms with Gasteiger partial charge in [0.05, 0.1) is 0 Å². The summed E-state index contributed by atoms with van der Waals surface area (Å²) in [5.74, 6) is -1.43. The summed E-state index contributed by atoms with van der Waals surface area (Å²) < 4.78 is 31.6. The Morgan fingerprint density at radius 3 is 2.65 bits per heavy atom. The lowest BCUT2D eigenvalue weighted by molar-refractivity contribution is 0.218. The molecule has 1 aromatic rings. The molecule has 0 aliphatic rings. The fraction of sp³-hybridized carbons (Fsp3) is 0.538. The van der Waals surface area contributed by atoms with Gasteiger partial charge in [0.1, 0.15) is 6.61 Å². The van der Waals surface area contributed by atoms with Crippen molar-refractivity contribution < 1.29 is 13.5 Å². The highest BCUT2D eigenvalue weighted by atomic mass is 19.2. The van der Waals surface area contributed by atoms with Gasteiger partial charge in [-0.05, 0) is 25.1 Å². The average Bonchev–Trinajstić information content (AvgIpc) is 2.34. The van der Waals surface area contributed by atoms with Gasteiger partial charge in [0.25, 0.3) is 0 Å². The molecule has 2 nitrogen and oxygen atoms in total. The molecule has 96 valence electrons. The molecule has 1 aromatic carbocycles. The van der Waals surface area contributed by atoms with Crippen molar-refractivity contribution in [2.24, 2.45) is 5.92 Å². The molecule has 0 spiro atoms. The van der Waals surface area contributed by atoms with Crippen molar-refractivity contribution in [1.29, 1.82) is 0 Å². The van der Waals surface area contributed by atoms with Crippen molar-refractivity contribution in [2.75, 3.05) is 13.7 Å². The van der Waals surface area contributed by atoms with Gasteiger partial charge in [0.15, 0.2) is 11.6 Å². The van der Waals surface area contributed by atoms with Crippen molar-refractivity contribution in [1.82, 2.24) is 5.32 Å². The monoisotopic (exact) mass is 243 g/mol. The Morgan fingerprint density at radius 1 is 1.35 bits per heavy atom. The molecule has 0 heterocycles. The minimum atomic E-state index is -0.925. The molecule has 0 aliphatic heterocycles. The molecule has 0 saturated heterocycles. The largest absolute Gasteiger partial charge is 0.489 e. The van der Waals surface area contributed by atoms with Crippen LogP contribution in [-0.2, 0) is 0 Å². The van der Waals surface area contributed by atoms with E-state index in [2.05, 4.69) is 19.2 Å². The summed E-state index contributed by atoms with van der Waals surface area (Å²) in [6, 6.07) is 4.07. The van der Waals surface area contributed by atoms with E-state index in [4.69, 9.17) is 4.74 Å². The standard InChI is InChI=1S/C13H19F2NO/c1-4-9(2)11(16-3)8-17-12-7-5-6-10(14)13(12)15/h5-7,9,11,16H,4,8H2,1-3H3. The lowest BCUT2D eigenvalue weighted by Crippen LogP contribution is -2.37. The van der Waals surface area contributed by atoms with Crippen molar-refractivity contribution >= 4 is 0 Å². The smallest absolute Gasteiger partial charge is 0.200 e. The molecule has 0 radical (unpaired) electrons. The highest BCUT2D eigenvalue weighted by molar-refractivity contribution is 5.25. The van der Waals surface area contributed by atoms with Gasteiger partial charge in [0, 0.05) is 6.04 Å². The first-order valence-corrected chi connectivity index (χ1v) is 5.84. The number of rotatable bonds is 6. The predicted molar refractivity (Wildman–Crippen MR) is 64.2 cm³/mol. The number of hydrogen-bond donors (Lipinski definition) is 1. The molecule has 1 rings (SSSR count). The van der Waals surface area contributed by atoms with E-state index in [1.165, 1.54) is 12.1 Å². The Kier molecular flexibility index (Phi) is 5.35. The average molecular weight is 243 g/mol. The van der Waals surface area contributed by atoms with Gasteiger partial charge in [-0.25, -0.2) is 4.39 Å². The zero-order valence-electron chi connectivity index (χ0n) is 10.5. The van der Waals surface area contributed by atoms with E-state index in [0.29, 0.717) is 12.5 Å². The van der Waals surface area contributed by atoms with Crippen molar-refractivity contribution in [3.05, 3.63) is 29.8 Å². The molecule has 0 bridgehead atoms. The summed E-state index contributed by atoms with van der Waals surface area (Å²) in [4.78, 5) is 0. The Bertz CT molecular complexity index is 357. The van der Waals surface area contributed by atoms with Gasteiger partial charge in [0.2, 0.25) is 5.82 Å². The third-order valence-electron chi connectivity index (χ3n) is 3.04. The zero-order valence-corrected chi connectivity index (χ0v) is 10.5. The van der Waals surface area contributed by atoms with E-state index in [0.717, 1.165) is 12.5 Å². The molecule has 0 amide bonds. The highest BCUT2D eigenvalue weighted by Crippen LogP contribution is 2.20. The number of halogens is 2. The van der Waals surface area contributed by atoms with Crippen LogP contribution in [0.1, 0.15) is 20.3 Å². The van der Waals surface area contributed by atoms with Crippen molar-refractivity contribution in [2.45, 2.75) is 26.3 Å². The number of ether oxygens (including phenoxy) is 1. The minimum Gasteiger partial charge on any atom is -0.489 e. The van der Waals surface area contributed by atoms with Gasteiger partial charge in [-0.1, -0.05) is 26.3 Å². The Hall–Kier alpha value is -1.16. The molecule has 2 unspecified atom stereocenters. The molecular weight excluding hydrogens is 224 g/mol. The molecule has 17 heavy (non-hydrogen) atoms. The van der Waals surface area contributed by atoms with E-state index >= 15 is 0 Å². The summed E-state index contributed by atoms with van der Waals surface area (Å²) in [6.45, 7) is 4.50. The van der Waals surface area contributed by atoms with Gasteiger partial charge < -0.3 is 10.1 Å². The Morgan fingerprint density at radius 2 is 2.06 bits per heavy atom. The third kappa shape index (κ3) is 3.66. The molecular formula is C13H19F2NO. The van der Waals surface area contributed by atoms with Crippen LogP contribution in [0.4, 0.5) is 8.78 Å². The number of hydrogen-bond acceptors (Lipinski definition) is 2. The molecule has 4 heteroatoms. The van der Waals surface area contributed by atoms with Gasteiger partial charge in [-0.2, -0.15) is 4.39 Å². The molecule has 0 saturated carbocycles. The minimum absolute atomic E-state index is 0.0337. The van der Waals surface area contributed by atoms with E-state index in [9.17, 15) is 8.78 Å². The first-order valence-electron chi connectivity index (χ1n) is 5.84. The Balaban J connectivity index is 2.63. The van der Waals surface area contributed by atoms with E-state index in [1.54, 1.807) is 0 Å². The first kappa shape index (κ1) is 13.9. The van der Waals surface area contributed by atoms with E-state index in [1.807, 2.05) is 7.05 Å². The Labute approximate surface area is 101 Å². The zero-order chi connectivity index (χ0) is 12.8. The van der Waals surface area contributed by atoms with Crippen LogP contribution in [0.5, 0.6) is 5.75 Å². The van der Waals surface area contributed by atoms with Gasteiger partial charge in [-0.3, -0.25) is 0 Å². The third-order valence-corrected chi connectivity index (χ3v) is 3.04. The summed E-state index contributed by atoms with van der Waals surface area (Å²) in [6.07, 6.45) is 1.00. The number of likely N-dealkylation sites (N-methyl/N-ethyl adjacent to an activating group) is 1. The molecule has 2 atom stereocenters. The second-order valence-corrected chi connectivity index (χ2v) is 4.14. The molecule has 0 fully saturated rings. The van der Waals surface area contributed by atoms with Crippen molar-refractivity contribution in [3.8, 4) is 5.75 Å². The number of benzene rings is 1.